The Morgan fingerprint density at radius 3 is 2.94 bits per heavy atom. The van der Waals surface area contributed by atoms with E-state index in [2.05, 4.69) is 10.3 Å². The van der Waals surface area contributed by atoms with E-state index in [0.717, 1.165) is 12.0 Å². The van der Waals surface area contributed by atoms with E-state index in [1.165, 1.54) is 5.56 Å². The second kappa shape index (κ2) is 4.62. The summed E-state index contributed by atoms with van der Waals surface area (Å²) in [6, 6.07) is 7.83. The fraction of sp³-hybridized carbons (Fsp3) is 0.250. The molecule has 0 fully saturated rings. The van der Waals surface area contributed by atoms with Crippen LogP contribution in [0, 0.1) is 11.1 Å². The monoisotopic (exact) mass is 268 g/mol. The molecule has 2 heterocycles. The van der Waals surface area contributed by atoms with Gasteiger partial charge in [-0.15, -0.1) is 0 Å². The van der Waals surface area contributed by atoms with Crippen LogP contribution in [-0.4, -0.2) is 11.6 Å². The first-order valence-electron chi connectivity index (χ1n) is 5.52. The van der Waals surface area contributed by atoms with Crippen molar-refractivity contribution in [2.75, 3.05) is 11.9 Å². The van der Waals surface area contributed by atoms with E-state index in [4.69, 9.17) is 4.74 Å². The lowest BCUT2D eigenvalue weighted by Crippen LogP contribution is -2.22. The number of nitrogens with zero attached hydrogens (tertiary/aromatic N) is 1. The quantitative estimate of drug-likeness (QED) is 0.908. The molecule has 0 aliphatic carbocycles. The first kappa shape index (κ1) is 11.6. The molecule has 94 valence electrons. The molecular weight excluding hydrogens is 258 g/mol. The second-order valence-corrected chi connectivity index (χ2v) is 4.88. The first-order valence-corrected chi connectivity index (χ1v) is 6.33. The minimum absolute atomic E-state index is 0.187. The normalized spacial score (nSPS) is 18.4. The maximum atomic E-state index is 12.9. The molecular formula is C12H10F2N2OS. The summed E-state index contributed by atoms with van der Waals surface area (Å²) in [4.78, 5) is 3.46. The highest BCUT2D eigenvalue weighted by Gasteiger charge is 2.22. The largest absolute Gasteiger partial charge is 0.354 e. The molecule has 0 saturated carbocycles. The zero-order valence-electron chi connectivity index (χ0n) is 9.32. The van der Waals surface area contributed by atoms with Crippen LogP contribution in [-0.2, 0) is 11.2 Å². The minimum atomic E-state index is -1.08. The molecule has 1 aromatic heterocycles. The lowest BCUT2D eigenvalue weighted by molar-refractivity contribution is 0.0617. The average Bonchev–Trinajstić information content (AvgIpc) is 2.69. The summed E-state index contributed by atoms with van der Waals surface area (Å²) in [7, 11) is 0. The van der Waals surface area contributed by atoms with Crippen molar-refractivity contribution in [1.29, 1.82) is 0 Å². The van der Waals surface area contributed by atoms with Crippen molar-refractivity contribution in [3.8, 4) is 0 Å². The highest BCUT2D eigenvalue weighted by Crippen LogP contribution is 2.30. The Hall–Kier alpha value is -1.53. The van der Waals surface area contributed by atoms with Crippen molar-refractivity contribution in [1.82, 2.24) is 4.98 Å². The zero-order valence-corrected chi connectivity index (χ0v) is 10.1. The van der Waals surface area contributed by atoms with E-state index in [0.29, 0.717) is 17.9 Å². The van der Waals surface area contributed by atoms with Crippen LogP contribution in [0.15, 0.2) is 24.3 Å². The van der Waals surface area contributed by atoms with Crippen LogP contribution in [0.3, 0.4) is 0 Å². The summed E-state index contributed by atoms with van der Waals surface area (Å²) >= 11 is 0.639. The number of hydrogen-bond acceptors (Lipinski definition) is 4. The molecule has 1 aromatic carbocycles. The van der Waals surface area contributed by atoms with E-state index in [-0.39, 0.29) is 5.13 Å². The molecule has 0 amide bonds. The topological polar surface area (TPSA) is 34.2 Å². The van der Waals surface area contributed by atoms with Crippen LogP contribution >= 0.6 is 11.3 Å². The van der Waals surface area contributed by atoms with Gasteiger partial charge in [0.2, 0.25) is 5.13 Å². The van der Waals surface area contributed by atoms with Crippen molar-refractivity contribution in [3.05, 3.63) is 46.5 Å². The van der Waals surface area contributed by atoms with Crippen LogP contribution in [0.5, 0.6) is 0 Å². The van der Waals surface area contributed by atoms with Gasteiger partial charge in [0, 0.05) is 5.56 Å². The van der Waals surface area contributed by atoms with Gasteiger partial charge in [0.25, 0.3) is 5.95 Å². The molecule has 0 saturated heterocycles. The van der Waals surface area contributed by atoms with Gasteiger partial charge in [-0.05, 0) is 12.0 Å². The molecule has 1 unspecified atom stereocenters. The lowest BCUT2D eigenvalue weighted by atomic mass is 10.0. The summed E-state index contributed by atoms with van der Waals surface area (Å²) in [5.41, 5.74) is 2.17. The first-order chi connectivity index (χ1) is 8.74. The highest BCUT2D eigenvalue weighted by atomic mass is 32.1. The molecule has 0 spiro atoms. The molecule has 3 rings (SSSR count). The Morgan fingerprint density at radius 1 is 1.33 bits per heavy atom. The maximum absolute atomic E-state index is 12.9. The molecule has 1 aliphatic heterocycles. The van der Waals surface area contributed by atoms with Gasteiger partial charge in [0.1, 0.15) is 0 Å². The Balaban J connectivity index is 1.86. The third-order valence-electron chi connectivity index (χ3n) is 2.80. The third kappa shape index (κ3) is 2.09. The molecule has 6 heteroatoms. The smallest absolute Gasteiger partial charge is 0.262 e. The molecule has 0 radical (unpaired) electrons. The van der Waals surface area contributed by atoms with Crippen molar-refractivity contribution >= 4 is 16.5 Å². The van der Waals surface area contributed by atoms with Gasteiger partial charge in [-0.25, -0.2) is 0 Å². The number of fused-ring (bicyclic) bond motifs is 1. The lowest BCUT2D eigenvalue weighted by Gasteiger charge is -2.26. The number of ether oxygens (including phenoxy) is 1. The highest BCUT2D eigenvalue weighted by molar-refractivity contribution is 7.14. The molecule has 18 heavy (non-hydrogen) atoms. The van der Waals surface area contributed by atoms with Gasteiger partial charge in [0.15, 0.2) is 11.4 Å². The number of anilines is 1. The van der Waals surface area contributed by atoms with E-state index < -0.39 is 17.3 Å². The summed E-state index contributed by atoms with van der Waals surface area (Å²) in [6.07, 6.45) is 0.439. The van der Waals surface area contributed by atoms with Gasteiger partial charge >= 0.3 is 0 Å². The van der Waals surface area contributed by atoms with Crippen molar-refractivity contribution in [2.45, 2.75) is 12.6 Å². The van der Waals surface area contributed by atoms with Crippen LogP contribution in [0.4, 0.5) is 13.9 Å². The molecule has 1 N–H and O–H groups in total. The maximum Gasteiger partial charge on any atom is 0.262 e. The Kier molecular flexibility index (Phi) is 2.97. The molecule has 3 nitrogen and oxygen atoms in total. The van der Waals surface area contributed by atoms with Gasteiger partial charge in [0.05, 0.1) is 6.61 Å². The van der Waals surface area contributed by atoms with E-state index in [1.54, 1.807) is 0 Å². The van der Waals surface area contributed by atoms with Crippen LogP contribution < -0.4 is 5.32 Å². The summed E-state index contributed by atoms with van der Waals surface area (Å²) in [5, 5.41) is 2.18. The molecule has 1 atom stereocenters. The third-order valence-corrected chi connectivity index (χ3v) is 3.55. The predicted octanol–water partition coefficient (Wildman–Crippen LogP) is 3.10. The van der Waals surface area contributed by atoms with Gasteiger partial charge in [-0.3, -0.25) is 0 Å². The number of thiazole rings is 1. The number of hydrogen-bond donors (Lipinski definition) is 1. The van der Waals surface area contributed by atoms with E-state index in [9.17, 15) is 8.78 Å². The van der Waals surface area contributed by atoms with Gasteiger partial charge in [-0.1, -0.05) is 35.6 Å². The SMILES string of the molecule is Fc1nc(NC2OCCc3ccccc32)sc1F. The fourth-order valence-corrected chi connectivity index (χ4v) is 2.56. The Labute approximate surface area is 106 Å². The number of benzene rings is 1. The van der Waals surface area contributed by atoms with E-state index in [1.807, 2.05) is 24.3 Å². The van der Waals surface area contributed by atoms with Crippen LogP contribution in [0.25, 0.3) is 0 Å². The molecule has 0 bridgehead atoms. The number of nitrogens with one attached hydrogen (secondary N) is 1. The minimum Gasteiger partial charge on any atom is -0.354 e. The fourth-order valence-electron chi connectivity index (χ4n) is 1.97. The van der Waals surface area contributed by atoms with Gasteiger partial charge < -0.3 is 10.1 Å². The predicted molar refractivity (Wildman–Crippen MR) is 64.5 cm³/mol. The summed E-state index contributed by atoms with van der Waals surface area (Å²) in [6.45, 7) is 0.574. The van der Waals surface area contributed by atoms with Crippen molar-refractivity contribution in [3.63, 3.8) is 0 Å². The van der Waals surface area contributed by atoms with Crippen LogP contribution in [0.1, 0.15) is 17.4 Å². The number of halogens is 2. The van der Waals surface area contributed by atoms with E-state index >= 15 is 0 Å². The molecule has 2 aromatic rings. The molecule has 1 aliphatic rings. The van der Waals surface area contributed by atoms with Crippen molar-refractivity contribution in [2.24, 2.45) is 0 Å². The summed E-state index contributed by atoms with van der Waals surface area (Å²) in [5.74, 6) is -1.08. The standard InChI is InChI=1S/C12H10F2N2OS/c13-9-10(14)18-12(15-9)16-11-8-4-2-1-3-7(8)5-6-17-11/h1-4,11H,5-6H2,(H,15,16). The number of rotatable bonds is 2. The van der Waals surface area contributed by atoms with Gasteiger partial charge in [-0.2, -0.15) is 13.8 Å². The van der Waals surface area contributed by atoms with Crippen LogP contribution in [0.2, 0.25) is 0 Å². The zero-order chi connectivity index (χ0) is 12.5. The second-order valence-electron chi connectivity index (χ2n) is 3.93. The average molecular weight is 268 g/mol. The number of aromatic nitrogens is 1. The van der Waals surface area contributed by atoms with Crippen molar-refractivity contribution < 1.29 is 13.5 Å². The Bertz CT molecular complexity index is 553. The summed E-state index contributed by atoms with van der Waals surface area (Å²) < 4.78 is 31.3. The Morgan fingerprint density at radius 2 is 2.17 bits per heavy atom.